The molecule has 61 heavy (non-hydrogen) atoms. The van der Waals surface area contributed by atoms with Gasteiger partial charge in [-0.2, -0.15) is 5.10 Å². The van der Waals surface area contributed by atoms with Crippen molar-refractivity contribution in [2.75, 3.05) is 76.3 Å². The summed E-state index contributed by atoms with van der Waals surface area (Å²) >= 11 is 6.69. The van der Waals surface area contributed by atoms with Crippen molar-refractivity contribution in [3.05, 3.63) is 93.6 Å². The number of piperidine rings is 1. The molecule has 3 heterocycles. The molecule has 4 fully saturated rings. The van der Waals surface area contributed by atoms with Gasteiger partial charge in [-0.25, -0.2) is 5.01 Å². The van der Waals surface area contributed by atoms with E-state index in [0.29, 0.717) is 53.5 Å². The van der Waals surface area contributed by atoms with Crippen molar-refractivity contribution in [2.45, 2.75) is 77.8 Å². The first-order chi connectivity index (χ1) is 29.2. The van der Waals surface area contributed by atoms with Crippen molar-refractivity contribution in [2.24, 2.45) is 22.2 Å². The largest absolute Gasteiger partial charge is 0.504 e. The van der Waals surface area contributed by atoms with Gasteiger partial charge in [0.2, 0.25) is 0 Å². The van der Waals surface area contributed by atoms with E-state index >= 15 is 4.79 Å². The number of amides is 2. The number of carbonyl (C=O) groups excluding carboxylic acids is 2. The first-order valence-corrected chi connectivity index (χ1v) is 22.1. The minimum absolute atomic E-state index is 0.0108. The molecule has 3 atom stereocenters. The van der Waals surface area contributed by atoms with Gasteiger partial charge in [-0.3, -0.25) is 14.5 Å². The number of benzene rings is 2. The molecular weight excluding hydrogens is 792 g/mol. The number of rotatable bonds is 15. The highest BCUT2D eigenvalue weighted by molar-refractivity contribution is 6.33. The lowest BCUT2D eigenvalue weighted by Crippen LogP contribution is -2.64. The Morgan fingerprint density at radius 1 is 1.08 bits per heavy atom. The Balaban J connectivity index is 1.17. The third kappa shape index (κ3) is 8.59. The minimum Gasteiger partial charge on any atom is -0.504 e. The number of likely N-dealkylation sites (N-methyl/N-ethyl adjacent to an activating group) is 1. The highest BCUT2D eigenvalue weighted by Gasteiger charge is 2.60. The molecule has 14 nitrogen and oxygen atoms in total. The number of anilines is 2. The van der Waals surface area contributed by atoms with Crippen LogP contribution in [0, 0.1) is 16.7 Å². The lowest BCUT2D eigenvalue weighted by Gasteiger charge is -2.58. The van der Waals surface area contributed by atoms with E-state index in [1.807, 2.05) is 42.2 Å². The van der Waals surface area contributed by atoms with E-state index in [9.17, 15) is 9.90 Å². The topological polar surface area (TPSA) is 175 Å². The summed E-state index contributed by atoms with van der Waals surface area (Å²) in [4.78, 5) is 36.0. The fourth-order valence-electron chi connectivity index (χ4n) is 10.0. The van der Waals surface area contributed by atoms with Crippen LogP contribution in [0.4, 0.5) is 11.4 Å². The van der Waals surface area contributed by atoms with Crippen molar-refractivity contribution in [3.63, 3.8) is 0 Å². The quantitative estimate of drug-likeness (QED) is 0.0437. The highest BCUT2D eigenvalue weighted by atomic mass is 35.5. The zero-order chi connectivity index (χ0) is 43.6. The summed E-state index contributed by atoms with van der Waals surface area (Å²) in [6.45, 7) is 18.5. The summed E-state index contributed by atoms with van der Waals surface area (Å²) in [5.41, 5.74) is 12.1. The van der Waals surface area contributed by atoms with E-state index < -0.39 is 5.41 Å². The maximum atomic E-state index is 15.4. The number of hydrogen-bond acceptors (Lipinski definition) is 11. The molecule has 2 aromatic rings. The number of piperazine rings is 1. The number of nitrogens with two attached hydrogens (primary N) is 1. The molecular formula is C46H63ClN10O4. The van der Waals surface area contributed by atoms with Crippen molar-refractivity contribution < 1.29 is 19.4 Å². The molecule has 2 aromatic carbocycles. The molecule has 1 saturated carbocycles. The third-order valence-electron chi connectivity index (χ3n) is 13.6. The molecule has 2 aliphatic carbocycles. The van der Waals surface area contributed by atoms with Gasteiger partial charge in [-0.05, 0) is 107 Å². The van der Waals surface area contributed by atoms with Gasteiger partial charge in [0.05, 0.1) is 41.7 Å². The van der Waals surface area contributed by atoms with Crippen molar-refractivity contribution in [3.8, 4) is 0 Å². The van der Waals surface area contributed by atoms with E-state index in [1.54, 1.807) is 7.05 Å². The van der Waals surface area contributed by atoms with E-state index in [1.165, 1.54) is 11.9 Å². The number of likely N-dealkylation sites (tertiary alicyclic amines) is 1. The molecule has 0 aromatic heterocycles. The third-order valence-corrected chi connectivity index (χ3v) is 14.0. The minimum atomic E-state index is -0.511. The van der Waals surface area contributed by atoms with Crippen LogP contribution < -0.4 is 26.6 Å². The molecule has 2 amide bonds. The molecule has 0 radical (unpaired) electrons. The Kier molecular flexibility index (Phi) is 13.1. The number of ether oxygens (including phenoxy) is 1. The Labute approximate surface area is 365 Å². The molecule has 3 saturated heterocycles. The van der Waals surface area contributed by atoms with Crippen LogP contribution in [-0.4, -0.2) is 121 Å². The Morgan fingerprint density at radius 2 is 1.80 bits per heavy atom. The number of carbonyl (C=O) groups is 2. The Bertz CT molecular complexity index is 2120. The van der Waals surface area contributed by atoms with E-state index in [0.717, 1.165) is 82.0 Å². The van der Waals surface area contributed by atoms with E-state index in [-0.39, 0.29) is 58.9 Å². The second-order valence-corrected chi connectivity index (χ2v) is 17.8. The predicted octanol–water partition coefficient (Wildman–Crippen LogP) is 5.57. The average molecular weight is 856 g/mol. The number of nitrogens with zero attached hydrogens (tertiary/aromatic N) is 5. The average Bonchev–Trinajstić information content (AvgIpc) is 3.57. The van der Waals surface area contributed by atoms with E-state index in [4.69, 9.17) is 32.6 Å². The molecule has 1 spiro atoms. The number of aliphatic hydroxyl groups excluding tert-OH is 1. The summed E-state index contributed by atoms with van der Waals surface area (Å²) < 4.78 is 5.51. The summed E-state index contributed by atoms with van der Waals surface area (Å²) in [7, 11) is 1.58. The zero-order valence-electron chi connectivity index (χ0n) is 36.4. The lowest BCUT2D eigenvalue weighted by molar-refractivity contribution is -0.144. The molecule has 7 rings (SSSR count). The molecule has 5 aliphatic rings. The Morgan fingerprint density at radius 3 is 2.38 bits per heavy atom. The molecule has 15 heteroatoms. The first kappa shape index (κ1) is 44.0. The van der Waals surface area contributed by atoms with Gasteiger partial charge in [0, 0.05) is 86.0 Å². The summed E-state index contributed by atoms with van der Waals surface area (Å²) in [5, 5.41) is 35.2. The molecule has 328 valence electrons. The van der Waals surface area contributed by atoms with Crippen LogP contribution in [0.1, 0.15) is 70.9 Å². The van der Waals surface area contributed by atoms with Gasteiger partial charge < -0.3 is 46.7 Å². The number of halogens is 1. The Hall–Kier alpha value is -5.05. The number of aliphatic hydroxyl groups is 1. The van der Waals surface area contributed by atoms with Crippen LogP contribution in [0.5, 0.6) is 0 Å². The standard InChI is InChI=1S/C46H63ClN10O4/c1-7-31-9-15-36(35(47)25-31)52-29(3)26-57(53-42(49)32-10-12-33(13-11-32)54-21-23-55(24-22-54)45(5)27-61-28-45)43(59)39-37(51-8-2)17-18-46(39)19-20-56(38-16-14-34(38)46)44(60)40(50-6)41(58)30(4)48/h9-13,15,25,34,38,48,50-52,58H,3,7-8,14,16-24,26-28H2,1-2,4-6H3,(H2,49,53)/b41-40+,48-30?. The summed E-state index contributed by atoms with van der Waals surface area (Å²) in [5.74, 6) is -0.741. The summed E-state index contributed by atoms with van der Waals surface area (Å²) in [6.07, 6.45) is 4.49. The monoisotopic (exact) mass is 854 g/mol. The summed E-state index contributed by atoms with van der Waals surface area (Å²) in [6, 6.07) is 13.8. The van der Waals surface area contributed by atoms with Crippen molar-refractivity contribution >= 4 is 46.3 Å². The molecule has 3 aliphatic heterocycles. The maximum absolute atomic E-state index is 15.4. The zero-order valence-corrected chi connectivity index (χ0v) is 37.1. The second kappa shape index (κ2) is 18.1. The van der Waals surface area contributed by atoms with Crippen LogP contribution in [-0.2, 0) is 20.7 Å². The second-order valence-electron chi connectivity index (χ2n) is 17.4. The van der Waals surface area contributed by atoms with Crippen molar-refractivity contribution in [1.29, 1.82) is 5.41 Å². The van der Waals surface area contributed by atoms with Gasteiger partial charge in [-0.1, -0.05) is 31.2 Å². The maximum Gasteiger partial charge on any atom is 0.274 e. The number of amidine groups is 1. The number of fused-ring (bicyclic) bond motifs is 2. The molecule has 7 N–H and O–H groups in total. The first-order valence-electron chi connectivity index (χ1n) is 21.8. The number of nitrogens with one attached hydrogen (secondary N) is 4. The number of hydrogen-bond donors (Lipinski definition) is 6. The lowest BCUT2D eigenvalue weighted by atomic mass is 9.55. The SMILES string of the molecule is C=C(CN(/N=C(\N)c1ccc(N2CCN(C3(C)COC3)CC2)cc1)C(=O)C1=C(NCC)CCC12CCN(C(=O)/C(NC)=C(\O)C(C)=N)C1CCC12)Nc1ccc(CC)cc1Cl. The molecule has 3 unspecified atom stereocenters. The normalized spacial score (nSPS) is 24.0. The predicted molar refractivity (Wildman–Crippen MR) is 243 cm³/mol. The van der Waals surface area contributed by atoms with Crippen LogP contribution in [0.2, 0.25) is 5.02 Å². The molecule has 0 bridgehead atoms. The number of allylic oxidation sites excluding steroid dienone is 2. The van der Waals surface area contributed by atoms with Gasteiger partial charge >= 0.3 is 0 Å². The highest BCUT2D eigenvalue weighted by Crippen LogP contribution is 2.60. The van der Waals surface area contributed by atoms with E-state index in [2.05, 4.69) is 58.3 Å². The fourth-order valence-corrected chi connectivity index (χ4v) is 10.3. The van der Waals surface area contributed by atoms with Gasteiger partial charge in [-0.15, -0.1) is 0 Å². The van der Waals surface area contributed by atoms with Crippen LogP contribution in [0.15, 0.2) is 82.6 Å². The smallest absolute Gasteiger partial charge is 0.274 e. The van der Waals surface area contributed by atoms with Crippen LogP contribution >= 0.6 is 11.6 Å². The number of hydrazone groups is 1. The van der Waals surface area contributed by atoms with Gasteiger partial charge in [0.1, 0.15) is 5.70 Å². The van der Waals surface area contributed by atoms with Gasteiger partial charge in [0.15, 0.2) is 11.6 Å². The van der Waals surface area contributed by atoms with Gasteiger partial charge in [0.25, 0.3) is 11.8 Å². The fraction of sp³-hybridized carbons (Fsp3) is 0.522. The van der Waals surface area contributed by atoms with Crippen LogP contribution in [0.3, 0.4) is 0 Å². The van der Waals surface area contributed by atoms with Crippen molar-refractivity contribution in [1.82, 2.24) is 25.4 Å². The number of aryl methyl sites for hydroxylation is 1. The van der Waals surface area contributed by atoms with Crippen LogP contribution in [0.25, 0.3) is 0 Å².